The molecule has 1 aromatic rings. The molecule has 0 aliphatic carbocycles. The maximum atomic E-state index is 14.2. The molecule has 0 aromatic heterocycles. The van der Waals surface area contributed by atoms with Crippen LogP contribution in [0.1, 0.15) is 44.5 Å². The molecule has 0 N–H and O–H groups in total. The fourth-order valence-electron chi connectivity index (χ4n) is 2.57. The standard InChI is InChI=1S/C17H27FN2O/c1-5-19(6-2)12-9-13-20(7-3)17-15(14(4)21)10-8-11-16(17)18/h8,10-11H,5-7,9,12-13H2,1-4H3. The minimum Gasteiger partial charge on any atom is -0.369 e. The first kappa shape index (κ1) is 17.6. The number of carbonyl (C=O) groups is 1. The zero-order valence-electron chi connectivity index (χ0n) is 13.7. The molecule has 0 unspecified atom stereocenters. The van der Waals surface area contributed by atoms with E-state index in [2.05, 4.69) is 18.7 Å². The summed E-state index contributed by atoms with van der Waals surface area (Å²) in [6, 6.07) is 4.72. The summed E-state index contributed by atoms with van der Waals surface area (Å²) in [7, 11) is 0. The fraction of sp³-hybridized carbons (Fsp3) is 0.588. The Hall–Kier alpha value is -1.42. The molecule has 1 rings (SSSR count). The minimum atomic E-state index is -0.313. The largest absolute Gasteiger partial charge is 0.369 e. The van der Waals surface area contributed by atoms with Crippen LogP contribution in [-0.4, -0.2) is 43.4 Å². The van der Waals surface area contributed by atoms with Gasteiger partial charge in [0.15, 0.2) is 5.78 Å². The van der Waals surface area contributed by atoms with E-state index in [0.29, 0.717) is 17.8 Å². The van der Waals surface area contributed by atoms with E-state index in [1.807, 2.05) is 11.8 Å². The van der Waals surface area contributed by atoms with Gasteiger partial charge in [0, 0.05) is 18.7 Å². The molecule has 0 aliphatic heterocycles. The molecule has 0 spiro atoms. The average molecular weight is 294 g/mol. The predicted molar refractivity (Wildman–Crippen MR) is 86.7 cm³/mol. The maximum absolute atomic E-state index is 14.2. The highest BCUT2D eigenvalue weighted by molar-refractivity contribution is 5.99. The molecule has 0 radical (unpaired) electrons. The highest BCUT2D eigenvalue weighted by Gasteiger charge is 2.17. The third-order valence-corrected chi connectivity index (χ3v) is 3.86. The van der Waals surface area contributed by atoms with Crippen molar-refractivity contribution in [1.82, 2.24) is 4.90 Å². The summed E-state index contributed by atoms with van der Waals surface area (Å²) < 4.78 is 14.2. The van der Waals surface area contributed by atoms with Crippen LogP contribution in [-0.2, 0) is 0 Å². The lowest BCUT2D eigenvalue weighted by atomic mass is 10.1. The summed E-state index contributed by atoms with van der Waals surface area (Å²) in [4.78, 5) is 16.0. The molecular weight excluding hydrogens is 267 g/mol. The highest BCUT2D eigenvalue weighted by Crippen LogP contribution is 2.25. The van der Waals surface area contributed by atoms with Crippen molar-refractivity contribution < 1.29 is 9.18 Å². The quantitative estimate of drug-likeness (QED) is 0.650. The van der Waals surface area contributed by atoms with Crippen molar-refractivity contribution in [2.24, 2.45) is 0 Å². The van der Waals surface area contributed by atoms with Crippen molar-refractivity contribution in [1.29, 1.82) is 0 Å². The van der Waals surface area contributed by atoms with Crippen molar-refractivity contribution in [2.45, 2.75) is 34.1 Å². The van der Waals surface area contributed by atoms with Gasteiger partial charge in [-0.1, -0.05) is 19.9 Å². The van der Waals surface area contributed by atoms with E-state index < -0.39 is 0 Å². The van der Waals surface area contributed by atoms with Gasteiger partial charge in [-0.05, 0) is 52.0 Å². The van der Waals surface area contributed by atoms with Gasteiger partial charge in [0.2, 0.25) is 0 Å². The Morgan fingerprint density at radius 1 is 1.10 bits per heavy atom. The third kappa shape index (κ3) is 4.81. The van der Waals surface area contributed by atoms with Gasteiger partial charge in [0.1, 0.15) is 5.82 Å². The molecule has 0 amide bonds. The molecular formula is C17H27FN2O. The van der Waals surface area contributed by atoms with E-state index in [4.69, 9.17) is 0 Å². The molecule has 0 aliphatic rings. The highest BCUT2D eigenvalue weighted by atomic mass is 19.1. The second-order valence-corrected chi connectivity index (χ2v) is 5.15. The summed E-state index contributed by atoms with van der Waals surface area (Å²) in [6.07, 6.45) is 0.960. The van der Waals surface area contributed by atoms with Gasteiger partial charge < -0.3 is 9.80 Å². The fourth-order valence-corrected chi connectivity index (χ4v) is 2.57. The monoisotopic (exact) mass is 294 g/mol. The second-order valence-electron chi connectivity index (χ2n) is 5.15. The van der Waals surface area contributed by atoms with Gasteiger partial charge in [-0.3, -0.25) is 4.79 Å². The van der Waals surface area contributed by atoms with Crippen molar-refractivity contribution in [3.05, 3.63) is 29.6 Å². The molecule has 21 heavy (non-hydrogen) atoms. The molecule has 1 aromatic carbocycles. The van der Waals surface area contributed by atoms with Gasteiger partial charge in [-0.2, -0.15) is 0 Å². The van der Waals surface area contributed by atoms with Crippen LogP contribution in [0.25, 0.3) is 0 Å². The SMILES string of the molecule is CCN(CC)CCCN(CC)c1c(F)cccc1C(C)=O. The topological polar surface area (TPSA) is 23.6 Å². The normalized spacial score (nSPS) is 11.0. The number of carbonyl (C=O) groups excluding carboxylic acids is 1. The molecule has 0 bridgehead atoms. The third-order valence-electron chi connectivity index (χ3n) is 3.86. The smallest absolute Gasteiger partial charge is 0.161 e. The Labute approximate surface area is 127 Å². The Morgan fingerprint density at radius 2 is 1.76 bits per heavy atom. The van der Waals surface area contributed by atoms with E-state index in [1.165, 1.54) is 13.0 Å². The van der Waals surface area contributed by atoms with Gasteiger partial charge in [-0.15, -0.1) is 0 Å². The number of benzene rings is 1. The van der Waals surface area contributed by atoms with Crippen LogP contribution >= 0.6 is 0 Å². The first-order valence-electron chi connectivity index (χ1n) is 7.81. The van der Waals surface area contributed by atoms with E-state index in [9.17, 15) is 9.18 Å². The number of ketones is 1. The first-order chi connectivity index (χ1) is 10.0. The average Bonchev–Trinajstić information content (AvgIpc) is 2.48. The molecule has 0 saturated carbocycles. The Kier molecular flexibility index (Phi) is 7.37. The van der Waals surface area contributed by atoms with Crippen molar-refractivity contribution in [2.75, 3.05) is 37.6 Å². The summed E-state index contributed by atoms with van der Waals surface area (Å²) in [5.74, 6) is -0.404. The van der Waals surface area contributed by atoms with Crippen LogP contribution in [0.3, 0.4) is 0 Å². The van der Waals surface area contributed by atoms with Crippen molar-refractivity contribution in [3.63, 3.8) is 0 Å². The molecule has 0 heterocycles. The van der Waals surface area contributed by atoms with Gasteiger partial charge in [0.25, 0.3) is 0 Å². The number of nitrogens with zero attached hydrogens (tertiary/aromatic N) is 2. The van der Waals surface area contributed by atoms with Crippen LogP contribution in [0.5, 0.6) is 0 Å². The zero-order valence-corrected chi connectivity index (χ0v) is 13.7. The van der Waals surface area contributed by atoms with E-state index >= 15 is 0 Å². The van der Waals surface area contributed by atoms with Crippen LogP contribution < -0.4 is 4.90 Å². The number of halogens is 1. The zero-order chi connectivity index (χ0) is 15.8. The first-order valence-corrected chi connectivity index (χ1v) is 7.81. The molecule has 118 valence electrons. The Bertz CT molecular complexity index is 458. The Morgan fingerprint density at radius 3 is 2.29 bits per heavy atom. The summed E-state index contributed by atoms with van der Waals surface area (Å²) in [5, 5.41) is 0. The Balaban J connectivity index is 2.83. The molecule has 0 fully saturated rings. The number of anilines is 1. The lowest BCUT2D eigenvalue weighted by Crippen LogP contribution is -2.31. The molecule has 0 saturated heterocycles. The van der Waals surface area contributed by atoms with Gasteiger partial charge in [-0.25, -0.2) is 4.39 Å². The molecule has 0 atom stereocenters. The van der Waals surface area contributed by atoms with Crippen molar-refractivity contribution in [3.8, 4) is 0 Å². The van der Waals surface area contributed by atoms with E-state index in [1.54, 1.807) is 12.1 Å². The number of rotatable bonds is 9. The number of para-hydroxylation sites is 1. The van der Waals surface area contributed by atoms with Gasteiger partial charge >= 0.3 is 0 Å². The molecule has 3 nitrogen and oxygen atoms in total. The van der Waals surface area contributed by atoms with Gasteiger partial charge in [0.05, 0.1) is 5.69 Å². The van der Waals surface area contributed by atoms with E-state index in [-0.39, 0.29) is 11.6 Å². The minimum absolute atomic E-state index is 0.0910. The van der Waals surface area contributed by atoms with Crippen LogP contribution in [0.2, 0.25) is 0 Å². The summed E-state index contributed by atoms with van der Waals surface area (Å²) in [5.41, 5.74) is 0.923. The summed E-state index contributed by atoms with van der Waals surface area (Å²) >= 11 is 0. The number of hydrogen-bond donors (Lipinski definition) is 0. The van der Waals surface area contributed by atoms with E-state index in [0.717, 1.165) is 32.6 Å². The lowest BCUT2D eigenvalue weighted by Gasteiger charge is -2.27. The predicted octanol–water partition coefficient (Wildman–Crippen LogP) is 3.59. The number of hydrogen-bond acceptors (Lipinski definition) is 3. The van der Waals surface area contributed by atoms with Crippen LogP contribution in [0.15, 0.2) is 18.2 Å². The molecule has 4 heteroatoms. The summed E-state index contributed by atoms with van der Waals surface area (Å²) in [6.45, 7) is 12.3. The van der Waals surface area contributed by atoms with Crippen LogP contribution in [0, 0.1) is 5.82 Å². The number of Topliss-reactive ketones (excluding diaryl/α,β-unsaturated/α-hetero) is 1. The van der Waals surface area contributed by atoms with Crippen LogP contribution in [0.4, 0.5) is 10.1 Å². The van der Waals surface area contributed by atoms with Crippen molar-refractivity contribution >= 4 is 11.5 Å². The maximum Gasteiger partial charge on any atom is 0.161 e. The lowest BCUT2D eigenvalue weighted by molar-refractivity contribution is 0.101. The second kappa shape index (κ2) is 8.78.